The van der Waals surface area contributed by atoms with Gasteiger partial charge in [-0.15, -0.1) is 0 Å². The number of carbonyl (C=O) groups excluding carboxylic acids is 1. The Bertz CT molecular complexity index is 822. The lowest BCUT2D eigenvalue weighted by Gasteiger charge is -2.13. The normalized spacial score (nSPS) is 11.1. The molecule has 2 aromatic carbocycles. The maximum atomic E-state index is 11.7. The van der Waals surface area contributed by atoms with Gasteiger partial charge in [0.2, 0.25) is 5.91 Å². The Hall–Kier alpha value is -3.06. The van der Waals surface area contributed by atoms with Crippen molar-refractivity contribution in [1.29, 1.82) is 0 Å². The van der Waals surface area contributed by atoms with Crippen LogP contribution in [0.4, 0.5) is 11.4 Å². The minimum Gasteiger partial charge on any atom is -0.493 e. The molecular formula is C24H34N4O3. The van der Waals surface area contributed by atoms with Gasteiger partial charge in [-0.05, 0) is 43.2 Å². The molecule has 168 valence electrons. The third kappa shape index (κ3) is 9.53. The first-order valence-corrected chi connectivity index (χ1v) is 10.8. The van der Waals surface area contributed by atoms with Crippen molar-refractivity contribution in [2.24, 2.45) is 4.99 Å². The molecule has 3 N–H and O–H groups in total. The third-order valence-corrected chi connectivity index (χ3v) is 4.34. The van der Waals surface area contributed by atoms with E-state index in [9.17, 15) is 4.79 Å². The predicted octanol–water partition coefficient (Wildman–Crippen LogP) is 4.42. The van der Waals surface area contributed by atoms with Gasteiger partial charge >= 0.3 is 0 Å². The van der Waals surface area contributed by atoms with Gasteiger partial charge in [0, 0.05) is 50.5 Å². The molecule has 31 heavy (non-hydrogen) atoms. The van der Waals surface area contributed by atoms with Crippen molar-refractivity contribution in [3.63, 3.8) is 0 Å². The largest absolute Gasteiger partial charge is 0.493 e. The number of carbonyl (C=O) groups is 1. The monoisotopic (exact) mass is 426 g/mol. The maximum absolute atomic E-state index is 11.7. The molecule has 0 aromatic heterocycles. The van der Waals surface area contributed by atoms with Crippen molar-refractivity contribution in [3.05, 3.63) is 54.1 Å². The minimum absolute atomic E-state index is 0.0387. The number of anilines is 2. The highest BCUT2D eigenvalue weighted by molar-refractivity contribution is 5.93. The number of benzene rings is 2. The average molecular weight is 427 g/mol. The van der Waals surface area contributed by atoms with Gasteiger partial charge in [0.25, 0.3) is 0 Å². The van der Waals surface area contributed by atoms with Gasteiger partial charge in [-0.2, -0.15) is 0 Å². The van der Waals surface area contributed by atoms with Crippen LogP contribution in [-0.4, -0.2) is 38.7 Å². The molecule has 0 bridgehead atoms. The van der Waals surface area contributed by atoms with E-state index in [4.69, 9.17) is 9.47 Å². The molecule has 0 atom stereocenters. The molecule has 0 radical (unpaired) electrons. The van der Waals surface area contributed by atoms with Crippen molar-refractivity contribution in [1.82, 2.24) is 5.32 Å². The molecule has 7 nitrogen and oxygen atoms in total. The Balaban J connectivity index is 1.95. The number of nitrogens with zero attached hydrogens (tertiary/aromatic N) is 1. The van der Waals surface area contributed by atoms with Crippen molar-refractivity contribution in [2.45, 2.75) is 39.7 Å². The summed E-state index contributed by atoms with van der Waals surface area (Å²) < 4.78 is 10.8. The Morgan fingerprint density at radius 1 is 1.00 bits per heavy atom. The smallest absolute Gasteiger partial charge is 0.224 e. The van der Waals surface area contributed by atoms with Crippen molar-refractivity contribution in [3.8, 4) is 5.75 Å². The topological polar surface area (TPSA) is 84.0 Å². The van der Waals surface area contributed by atoms with Crippen LogP contribution in [0.2, 0.25) is 0 Å². The fraction of sp³-hybridized carbons (Fsp3) is 0.417. The Morgan fingerprint density at radius 3 is 2.52 bits per heavy atom. The lowest BCUT2D eigenvalue weighted by molar-refractivity contribution is -0.116. The molecule has 2 aromatic rings. The SMILES string of the molecule is CCCC(=O)Nc1ccc(CN=C(NCC)Nc2cccc(OCCCOC)c2)cc1. The van der Waals surface area contributed by atoms with Crippen molar-refractivity contribution in [2.75, 3.05) is 37.5 Å². The highest BCUT2D eigenvalue weighted by Crippen LogP contribution is 2.18. The summed E-state index contributed by atoms with van der Waals surface area (Å²) in [5.41, 5.74) is 2.76. The van der Waals surface area contributed by atoms with Crippen LogP contribution in [0.1, 0.15) is 38.7 Å². The average Bonchev–Trinajstić information content (AvgIpc) is 2.77. The number of amides is 1. The van der Waals surface area contributed by atoms with Crippen LogP contribution in [-0.2, 0) is 16.1 Å². The molecule has 7 heteroatoms. The summed E-state index contributed by atoms with van der Waals surface area (Å²) in [6, 6.07) is 15.6. The number of hydrogen-bond acceptors (Lipinski definition) is 4. The van der Waals surface area contributed by atoms with Gasteiger partial charge in [-0.25, -0.2) is 4.99 Å². The summed E-state index contributed by atoms with van der Waals surface area (Å²) in [6.45, 7) is 6.58. The van der Waals surface area contributed by atoms with Crippen LogP contribution >= 0.6 is 0 Å². The molecule has 1 amide bonds. The molecule has 0 saturated carbocycles. The molecular weight excluding hydrogens is 392 g/mol. The fourth-order valence-corrected chi connectivity index (χ4v) is 2.82. The number of rotatable bonds is 12. The van der Waals surface area contributed by atoms with Gasteiger partial charge in [0.05, 0.1) is 13.2 Å². The van der Waals surface area contributed by atoms with Crippen LogP contribution in [0.5, 0.6) is 5.75 Å². The van der Waals surface area contributed by atoms with Crippen LogP contribution < -0.4 is 20.7 Å². The van der Waals surface area contributed by atoms with Gasteiger partial charge in [0.15, 0.2) is 5.96 Å². The second-order valence-electron chi connectivity index (χ2n) is 7.04. The van der Waals surface area contributed by atoms with E-state index in [2.05, 4.69) is 20.9 Å². The number of guanidine groups is 1. The van der Waals surface area contributed by atoms with Gasteiger partial charge in [-0.3, -0.25) is 4.79 Å². The molecule has 0 heterocycles. The number of aliphatic imine (C=N–C) groups is 1. The Labute approximate surface area is 185 Å². The van der Waals surface area contributed by atoms with Crippen LogP contribution in [0.3, 0.4) is 0 Å². The van der Waals surface area contributed by atoms with Gasteiger partial charge < -0.3 is 25.4 Å². The van der Waals surface area contributed by atoms with E-state index in [1.807, 2.05) is 62.4 Å². The van der Waals surface area contributed by atoms with E-state index < -0.39 is 0 Å². The predicted molar refractivity (Wildman–Crippen MR) is 127 cm³/mol. The zero-order valence-electron chi connectivity index (χ0n) is 18.7. The molecule has 0 aliphatic carbocycles. The van der Waals surface area contributed by atoms with Crippen LogP contribution in [0, 0.1) is 0 Å². The maximum Gasteiger partial charge on any atom is 0.224 e. The van der Waals surface area contributed by atoms with Crippen LogP contribution in [0.25, 0.3) is 0 Å². The van der Waals surface area contributed by atoms with E-state index in [-0.39, 0.29) is 5.91 Å². The first-order valence-electron chi connectivity index (χ1n) is 10.8. The number of methoxy groups -OCH3 is 1. The lowest BCUT2D eigenvalue weighted by atomic mass is 10.2. The second-order valence-corrected chi connectivity index (χ2v) is 7.04. The quantitative estimate of drug-likeness (QED) is 0.266. The molecule has 0 saturated heterocycles. The summed E-state index contributed by atoms with van der Waals surface area (Å²) >= 11 is 0. The molecule has 0 spiro atoms. The zero-order valence-corrected chi connectivity index (χ0v) is 18.7. The van der Waals surface area contributed by atoms with Crippen molar-refractivity contribution < 1.29 is 14.3 Å². The summed E-state index contributed by atoms with van der Waals surface area (Å²) in [6.07, 6.45) is 2.21. The van der Waals surface area contributed by atoms with Gasteiger partial charge in [-0.1, -0.05) is 25.1 Å². The third-order valence-electron chi connectivity index (χ3n) is 4.34. The van der Waals surface area contributed by atoms with E-state index in [1.165, 1.54) is 0 Å². The summed E-state index contributed by atoms with van der Waals surface area (Å²) in [4.78, 5) is 16.4. The Kier molecular flexibility index (Phi) is 11.0. The highest BCUT2D eigenvalue weighted by Gasteiger charge is 2.03. The first-order chi connectivity index (χ1) is 15.1. The summed E-state index contributed by atoms with van der Waals surface area (Å²) in [7, 11) is 1.69. The molecule has 0 aliphatic heterocycles. The fourth-order valence-electron chi connectivity index (χ4n) is 2.82. The molecule has 0 fully saturated rings. The highest BCUT2D eigenvalue weighted by atomic mass is 16.5. The molecule has 0 unspecified atom stereocenters. The lowest BCUT2D eigenvalue weighted by Crippen LogP contribution is -2.30. The second kappa shape index (κ2) is 14.0. The van der Waals surface area contributed by atoms with Crippen LogP contribution in [0.15, 0.2) is 53.5 Å². The number of nitrogens with one attached hydrogen (secondary N) is 3. The summed E-state index contributed by atoms with van der Waals surface area (Å²) in [5, 5.41) is 9.47. The van der Waals surface area contributed by atoms with Crippen molar-refractivity contribution >= 4 is 23.2 Å². The van der Waals surface area contributed by atoms with Gasteiger partial charge in [0.1, 0.15) is 5.75 Å². The molecule has 0 aliphatic rings. The number of hydrogen-bond donors (Lipinski definition) is 3. The Morgan fingerprint density at radius 2 is 1.81 bits per heavy atom. The minimum atomic E-state index is 0.0387. The number of ether oxygens (including phenoxy) is 2. The standard InChI is InChI=1S/C24H34N4O3/c1-4-8-23(29)27-20-13-11-19(12-14-20)18-26-24(25-5-2)28-21-9-6-10-22(17-21)31-16-7-15-30-3/h6,9-14,17H,4-5,7-8,15-16,18H2,1-3H3,(H,27,29)(H2,25,26,28). The van der Waals surface area contributed by atoms with E-state index >= 15 is 0 Å². The van der Waals surface area contributed by atoms with E-state index in [0.29, 0.717) is 32.1 Å². The van der Waals surface area contributed by atoms with E-state index in [1.54, 1.807) is 7.11 Å². The molecule has 2 rings (SSSR count). The summed E-state index contributed by atoms with van der Waals surface area (Å²) in [5.74, 6) is 1.54. The van der Waals surface area contributed by atoms with E-state index in [0.717, 1.165) is 42.1 Å². The zero-order chi connectivity index (χ0) is 22.3. The first kappa shape index (κ1) is 24.2.